The summed E-state index contributed by atoms with van der Waals surface area (Å²) in [5, 5.41) is 10.6. The van der Waals surface area contributed by atoms with E-state index in [2.05, 4.69) is 22.7 Å². The fraction of sp³-hybridized carbons (Fsp3) is 0.375. The summed E-state index contributed by atoms with van der Waals surface area (Å²) >= 11 is 0. The lowest BCUT2D eigenvalue weighted by Crippen LogP contribution is -2.08. The number of benzene rings is 1. The molecule has 0 bridgehead atoms. The molecule has 5 heteroatoms. The summed E-state index contributed by atoms with van der Waals surface area (Å²) in [7, 11) is 1.95. The van der Waals surface area contributed by atoms with Gasteiger partial charge in [-0.05, 0) is 38.5 Å². The van der Waals surface area contributed by atoms with E-state index in [1.165, 1.54) is 12.5 Å². The molecule has 5 nitrogen and oxygen atoms in total. The van der Waals surface area contributed by atoms with Crippen molar-refractivity contribution in [2.24, 2.45) is 7.05 Å². The fourth-order valence-electron chi connectivity index (χ4n) is 2.32. The van der Waals surface area contributed by atoms with Crippen LogP contribution in [0, 0.1) is 20.8 Å². The first-order valence-electron chi connectivity index (χ1n) is 6.99. The predicted molar refractivity (Wildman–Crippen MR) is 85.5 cm³/mol. The van der Waals surface area contributed by atoms with Crippen LogP contribution in [0.15, 0.2) is 18.2 Å². The van der Waals surface area contributed by atoms with Gasteiger partial charge in [-0.15, -0.1) is 0 Å². The third-order valence-electron chi connectivity index (χ3n) is 3.68. The second-order valence-electron chi connectivity index (χ2n) is 5.34. The lowest BCUT2D eigenvalue weighted by atomic mass is 10.1. The highest BCUT2D eigenvalue weighted by molar-refractivity contribution is 5.90. The zero-order valence-electron chi connectivity index (χ0n) is 13.2. The monoisotopic (exact) mass is 286 g/mol. The van der Waals surface area contributed by atoms with Crippen LogP contribution in [0.1, 0.15) is 29.4 Å². The Labute approximate surface area is 125 Å². The second kappa shape index (κ2) is 5.99. The van der Waals surface area contributed by atoms with E-state index in [0.29, 0.717) is 6.54 Å². The lowest BCUT2D eigenvalue weighted by molar-refractivity contribution is -0.114. The van der Waals surface area contributed by atoms with Gasteiger partial charge in [0.25, 0.3) is 0 Å². The SMILES string of the molecule is CC(=O)Nc1cc(NCc2c(C)nn(C)c2C)ccc1C. The Hall–Kier alpha value is -2.30. The van der Waals surface area contributed by atoms with Crippen LogP contribution < -0.4 is 10.6 Å². The van der Waals surface area contributed by atoms with Gasteiger partial charge in [0, 0.05) is 43.1 Å². The second-order valence-corrected chi connectivity index (χ2v) is 5.34. The molecule has 1 amide bonds. The molecular formula is C16H22N4O. The van der Waals surface area contributed by atoms with Gasteiger partial charge in [-0.2, -0.15) is 5.10 Å². The van der Waals surface area contributed by atoms with Crippen LogP contribution in [0.5, 0.6) is 0 Å². The van der Waals surface area contributed by atoms with Crippen molar-refractivity contribution in [1.82, 2.24) is 9.78 Å². The number of carbonyl (C=O) groups excluding carboxylic acids is 1. The highest BCUT2D eigenvalue weighted by Gasteiger charge is 2.09. The van der Waals surface area contributed by atoms with Gasteiger partial charge in [0.1, 0.15) is 0 Å². The van der Waals surface area contributed by atoms with Gasteiger partial charge in [0.05, 0.1) is 5.69 Å². The van der Waals surface area contributed by atoms with Gasteiger partial charge in [0.2, 0.25) is 5.91 Å². The Bertz CT molecular complexity index is 673. The summed E-state index contributed by atoms with van der Waals surface area (Å²) in [5.74, 6) is -0.0609. The first kappa shape index (κ1) is 15.1. The topological polar surface area (TPSA) is 59.0 Å². The minimum atomic E-state index is -0.0609. The Morgan fingerprint density at radius 1 is 1.29 bits per heavy atom. The summed E-state index contributed by atoms with van der Waals surface area (Å²) < 4.78 is 1.89. The van der Waals surface area contributed by atoms with Gasteiger partial charge < -0.3 is 10.6 Å². The number of amides is 1. The van der Waals surface area contributed by atoms with E-state index in [4.69, 9.17) is 0 Å². The normalized spacial score (nSPS) is 10.5. The molecule has 2 aromatic rings. The predicted octanol–water partition coefficient (Wildman–Crippen LogP) is 2.92. The molecule has 0 fully saturated rings. The maximum atomic E-state index is 11.2. The van der Waals surface area contributed by atoms with Crippen molar-refractivity contribution in [1.29, 1.82) is 0 Å². The summed E-state index contributed by atoms with van der Waals surface area (Å²) in [4.78, 5) is 11.2. The van der Waals surface area contributed by atoms with Gasteiger partial charge in [0.15, 0.2) is 0 Å². The molecule has 112 valence electrons. The van der Waals surface area contributed by atoms with Crippen molar-refractivity contribution in [3.63, 3.8) is 0 Å². The molecular weight excluding hydrogens is 264 g/mol. The standard InChI is InChI=1S/C16H22N4O/c1-10-6-7-14(8-16(10)18-13(4)21)17-9-15-11(2)19-20(5)12(15)3/h6-8,17H,9H2,1-5H3,(H,18,21). The van der Waals surface area contributed by atoms with E-state index in [9.17, 15) is 4.79 Å². The summed E-state index contributed by atoms with van der Waals surface area (Å²) in [5.41, 5.74) is 6.27. The Morgan fingerprint density at radius 3 is 2.57 bits per heavy atom. The molecule has 0 unspecified atom stereocenters. The minimum Gasteiger partial charge on any atom is -0.381 e. The first-order valence-corrected chi connectivity index (χ1v) is 6.99. The van der Waals surface area contributed by atoms with Crippen LogP contribution >= 0.6 is 0 Å². The molecule has 0 spiro atoms. The lowest BCUT2D eigenvalue weighted by Gasteiger charge is -2.11. The van der Waals surface area contributed by atoms with Crippen LogP contribution in [0.2, 0.25) is 0 Å². The van der Waals surface area contributed by atoms with Gasteiger partial charge in [-0.3, -0.25) is 9.48 Å². The molecule has 0 atom stereocenters. The third kappa shape index (κ3) is 3.42. The van der Waals surface area contributed by atoms with Crippen LogP contribution in [-0.4, -0.2) is 15.7 Å². The molecule has 0 aliphatic heterocycles. The van der Waals surface area contributed by atoms with Gasteiger partial charge in [-0.1, -0.05) is 6.07 Å². The Balaban J connectivity index is 2.15. The smallest absolute Gasteiger partial charge is 0.221 e. The molecule has 1 aromatic heterocycles. The average Bonchev–Trinajstić information content (AvgIpc) is 2.64. The van der Waals surface area contributed by atoms with E-state index < -0.39 is 0 Å². The van der Waals surface area contributed by atoms with Crippen molar-refractivity contribution in [3.8, 4) is 0 Å². The number of anilines is 2. The third-order valence-corrected chi connectivity index (χ3v) is 3.68. The molecule has 0 saturated carbocycles. The summed E-state index contributed by atoms with van der Waals surface area (Å²) in [6, 6.07) is 5.97. The largest absolute Gasteiger partial charge is 0.381 e. The van der Waals surface area contributed by atoms with Gasteiger partial charge in [-0.25, -0.2) is 0 Å². The summed E-state index contributed by atoms with van der Waals surface area (Å²) in [6.07, 6.45) is 0. The van der Waals surface area contributed by atoms with Crippen molar-refractivity contribution in [2.45, 2.75) is 34.2 Å². The number of nitrogens with one attached hydrogen (secondary N) is 2. The van der Waals surface area contributed by atoms with Crippen LogP contribution in [-0.2, 0) is 18.4 Å². The Kier molecular flexibility index (Phi) is 4.31. The highest BCUT2D eigenvalue weighted by atomic mass is 16.1. The van der Waals surface area contributed by atoms with Crippen LogP contribution in [0.25, 0.3) is 0 Å². The molecule has 0 saturated heterocycles. The fourth-order valence-corrected chi connectivity index (χ4v) is 2.32. The molecule has 0 aliphatic rings. The summed E-state index contributed by atoms with van der Waals surface area (Å²) in [6.45, 7) is 8.29. The number of carbonyl (C=O) groups is 1. The quantitative estimate of drug-likeness (QED) is 0.908. The number of nitrogens with zero attached hydrogens (tertiary/aromatic N) is 2. The molecule has 0 aliphatic carbocycles. The average molecular weight is 286 g/mol. The van der Waals surface area contributed by atoms with Crippen LogP contribution in [0.3, 0.4) is 0 Å². The molecule has 1 aromatic carbocycles. The molecule has 1 heterocycles. The maximum absolute atomic E-state index is 11.2. The number of hydrogen-bond acceptors (Lipinski definition) is 3. The van der Waals surface area contributed by atoms with E-state index in [-0.39, 0.29) is 5.91 Å². The number of aryl methyl sites for hydroxylation is 3. The molecule has 0 radical (unpaired) electrons. The maximum Gasteiger partial charge on any atom is 0.221 e. The Morgan fingerprint density at radius 2 is 2.00 bits per heavy atom. The minimum absolute atomic E-state index is 0.0609. The van der Waals surface area contributed by atoms with Crippen LogP contribution in [0.4, 0.5) is 11.4 Å². The molecule has 2 rings (SSSR count). The van der Waals surface area contributed by atoms with Crippen molar-refractivity contribution in [2.75, 3.05) is 10.6 Å². The van der Waals surface area contributed by atoms with E-state index in [1.54, 1.807) is 0 Å². The van der Waals surface area contributed by atoms with E-state index in [1.807, 2.05) is 43.8 Å². The van der Waals surface area contributed by atoms with Crippen molar-refractivity contribution < 1.29 is 4.79 Å². The molecule has 2 N–H and O–H groups in total. The zero-order chi connectivity index (χ0) is 15.6. The van der Waals surface area contributed by atoms with E-state index in [0.717, 1.165) is 28.3 Å². The number of aromatic nitrogens is 2. The first-order chi connectivity index (χ1) is 9.88. The zero-order valence-corrected chi connectivity index (χ0v) is 13.2. The number of rotatable bonds is 4. The molecule has 21 heavy (non-hydrogen) atoms. The van der Waals surface area contributed by atoms with Gasteiger partial charge >= 0.3 is 0 Å². The highest BCUT2D eigenvalue weighted by Crippen LogP contribution is 2.21. The number of hydrogen-bond donors (Lipinski definition) is 2. The van der Waals surface area contributed by atoms with Crippen molar-refractivity contribution >= 4 is 17.3 Å². The van der Waals surface area contributed by atoms with E-state index >= 15 is 0 Å². The van der Waals surface area contributed by atoms with Crippen molar-refractivity contribution in [3.05, 3.63) is 40.7 Å².